The van der Waals surface area contributed by atoms with Crippen LogP contribution in [0.2, 0.25) is 0 Å². The van der Waals surface area contributed by atoms with Crippen LogP contribution in [0.15, 0.2) is 18.2 Å². The van der Waals surface area contributed by atoms with Crippen LogP contribution in [0.3, 0.4) is 0 Å². The molecule has 0 radical (unpaired) electrons. The molecule has 0 aromatic heterocycles. The maximum absolute atomic E-state index is 11.1. The minimum atomic E-state index is -0.797. The Morgan fingerprint density at radius 3 is 2.68 bits per heavy atom. The molecule has 1 rings (SSSR count). The van der Waals surface area contributed by atoms with Gasteiger partial charge in [-0.25, -0.2) is 0 Å². The van der Waals surface area contributed by atoms with Crippen LogP contribution in [-0.2, 0) is 10.5 Å². The molecule has 0 saturated carbocycles. The lowest BCUT2D eigenvalue weighted by atomic mass is 10.1. The topological polar surface area (TPSA) is 70.3 Å². The molecule has 1 unspecified atom stereocenters. The summed E-state index contributed by atoms with van der Waals surface area (Å²) < 4.78 is 5.07. The molecule has 0 aliphatic rings. The number of hydrogen-bond donors (Lipinski definition) is 1. The first-order valence-electron chi connectivity index (χ1n) is 5.91. The first-order chi connectivity index (χ1) is 8.99. The molecule has 0 aliphatic carbocycles. The monoisotopic (exact) mass is 279 g/mol. The van der Waals surface area contributed by atoms with Gasteiger partial charge in [0.2, 0.25) is 0 Å². The molecule has 1 aromatic carbocycles. The van der Waals surface area contributed by atoms with Crippen LogP contribution < -0.4 is 4.74 Å². The molecule has 102 valence electrons. The summed E-state index contributed by atoms with van der Waals surface area (Å²) in [6, 6.07) is 7.40. The van der Waals surface area contributed by atoms with Gasteiger partial charge in [-0.3, -0.25) is 4.79 Å². The number of hydrogen-bond acceptors (Lipinski definition) is 4. The average Bonchev–Trinajstić information content (AvgIpc) is 2.37. The van der Waals surface area contributed by atoms with Gasteiger partial charge in [0.1, 0.15) is 17.1 Å². The molecular weight excluding hydrogens is 262 g/mol. The molecule has 5 heteroatoms. The second-order valence-electron chi connectivity index (χ2n) is 4.46. The highest BCUT2D eigenvalue weighted by Crippen LogP contribution is 2.26. The van der Waals surface area contributed by atoms with Crippen molar-refractivity contribution in [2.75, 3.05) is 7.11 Å². The fraction of sp³-hybridized carbons (Fsp3) is 0.429. The lowest BCUT2D eigenvalue weighted by molar-refractivity contribution is -0.137. The molecule has 1 N–H and O–H groups in total. The van der Waals surface area contributed by atoms with E-state index in [1.165, 1.54) is 18.9 Å². The van der Waals surface area contributed by atoms with E-state index in [1.807, 2.05) is 19.9 Å². The SMILES string of the molecule is COc1ccc(CSC(C(=O)O)C(C)C)cc1C#N. The van der Waals surface area contributed by atoms with Gasteiger partial charge < -0.3 is 9.84 Å². The van der Waals surface area contributed by atoms with Crippen molar-refractivity contribution in [3.63, 3.8) is 0 Å². The molecule has 0 spiro atoms. The first-order valence-corrected chi connectivity index (χ1v) is 6.96. The number of nitriles is 1. The van der Waals surface area contributed by atoms with E-state index in [9.17, 15) is 4.79 Å². The van der Waals surface area contributed by atoms with Gasteiger partial charge in [-0.1, -0.05) is 19.9 Å². The molecule has 1 aromatic rings. The van der Waals surface area contributed by atoms with E-state index in [2.05, 4.69) is 6.07 Å². The van der Waals surface area contributed by atoms with Crippen LogP contribution in [0.1, 0.15) is 25.0 Å². The Morgan fingerprint density at radius 1 is 1.53 bits per heavy atom. The number of rotatable bonds is 6. The van der Waals surface area contributed by atoms with E-state index in [-0.39, 0.29) is 5.92 Å². The predicted octanol–water partition coefficient (Wildman–Crippen LogP) is 2.91. The zero-order valence-electron chi connectivity index (χ0n) is 11.2. The zero-order valence-corrected chi connectivity index (χ0v) is 12.0. The number of carbonyl (C=O) groups is 1. The van der Waals surface area contributed by atoms with Crippen LogP contribution in [0, 0.1) is 17.2 Å². The fourth-order valence-corrected chi connectivity index (χ4v) is 2.75. The van der Waals surface area contributed by atoms with E-state index in [4.69, 9.17) is 15.1 Å². The lowest BCUT2D eigenvalue weighted by Gasteiger charge is -2.15. The van der Waals surface area contributed by atoms with Crippen LogP contribution in [0.5, 0.6) is 5.75 Å². The van der Waals surface area contributed by atoms with Crippen LogP contribution in [-0.4, -0.2) is 23.4 Å². The van der Waals surface area contributed by atoms with Gasteiger partial charge >= 0.3 is 5.97 Å². The van der Waals surface area contributed by atoms with Gasteiger partial charge in [0.15, 0.2) is 0 Å². The zero-order chi connectivity index (χ0) is 14.4. The summed E-state index contributed by atoms with van der Waals surface area (Å²) >= 11 is 1.37. The maximum atomic E-state index is 11.1. The Bertz CT molecular complexity index is 494. The van der Waals surface area contributed by atoms with Crippen molar-refractivity contribution in [3.8, 4) is 11.8 Å². The number of aliphatic carboxylic acids is 1. The second-order valence-corrected chi connectivity index (χ2v) is 5.59. The van der Waals surface area contributed by atoms with Crippen molar-refractivity contribution in [2.45, 2.75) is 24.9 Å². The first kappa shape index (κ1) is 15.4. The third-order valence-corrected chi connectivity index (χ3v) is 4.27. The number of carboxylic acids is 1. The Kier molecular flexibility index (Phi) is 5.71. The number of thioether (sulfide) groups is 1. The summed E-state index contributed by atoms with van der Waals surface area (Å²) in [7, 11) is 1.52. The Balaban J connectivity index is 2.78. The molecule has 0 saturated heterocycles. The van der Waals surface area contributed by atoms with Gasteiger partial charge in [-0.05, 0) is 23.6 Å². The molecular formula is C14H17NO3S. The van der Waals surface area contributed by atoms with Gasteiger partial charge in [-0.15, -0.1) is 11.8 Å². The molecule has 0 heterocycles. The number of methoxy groups -OCH3 is 1. The highest BCUT2D eigenvalue weighted by Gasteiger charge is 2.21. The Labute approximate surface area is 117 Å². The summed E-state index contributed by atoms with van der Waals surface area (Å²) in [4.78, 5) is 11.1. The second kappa shape index (κ2) is 7.05. The van der Waals surface area contributed by atoms with Gasteiger partial charge in [0.25, 0.3) is 0 Å². The van der Waals surface area contributed by atoms with Crippen molar-refractivity contribution < 1.29 is 14.6 Å². The van der Waals surface area contributed by atoms with Crippen LogP contribution >= 0.6 is 11.8 Å². The predicted molar refractivity (Wildman–Crippen MR) is 75.3 cm³/mol. The molecule has 0 bridgehead atoms. The molecule has 0 amide bonds. The number of ether oxygens (including phenoxy) is 1. The van der Waals surface area contributed by atoms with Crippen LogP contribution in [0.25, 0.3) is 0 Å². The van der Waals surface area contributed by atoms with E-state index in [0.717, 1.165) is 5.56 Å². The van der Waals surface area contributed by atoms with E-state index in [0.29, 0.717) is 17.1 Å². The summed E-state index contributed by atoms with van der Waals surface area (Å²) in [6.45, 7) is 3.78. The van der Waals surface area contributed by atoms with Gasteiger partial charge in [-0.2, -0.15) is 5.26 Å². The minimum absolute atomic E-state index is 0.0659. The molecule has 19 heavy (non-hydrogen) atoms. The third kappa shape index (κ3) is 4.18. The average molecular weight is 279 g/mol. The van der Waals surface area contributed by atoms with Crippen LogP contribution in [0.4, 0.5) is 0 Å². The summed E-state index contributed by atoms with van der Waals surface area (Å²) in [5.41, 5.74) is 1.39. The third-order valence-electron chi connectivity index (χ3n) is 2.66. The molecule has 4 nitrogen and oxygen atoms in total. The smallest absolute Gasteiger partial charge is 0.316 e. The molecule has 1 atom stereocenters. The maximum Gasteiger partial charge on any atom is 0.316 e. The van der Waals surface area contributed by atoms with E-state index >= 15 is 0 Å². The quantitative estimate of drug-likeness (QED) is 0.867. The summed E-state index contributed by atoms with van der Waals surface area (Å²) in [5, 5.41) is 17.7. The molecule has 0 aliphatic heterocycles. The number of carboxylic acid groups (broad SMARTS) is 1. The van der Waals surface area contributed by atoms with Crippen molar-refractivity contribution >= 4 is 17.7 Å². The lowest BCUT2D eigenvalue weighted by Crippen LogP contribution is -2.22. The number of benzene rings is 1. The summed E-state index contributed by atoms with van der Waals surface area (Å²) in [5.74, 6) is 0.369. The standard InChI is InChI=1S/C14H17NO3S/c1-9(2)13(14(16)17)19-8-10-4-5-12(18-3)11(6-10)7-15/h4-6,9,13H,8H2,1-3H3,(H,16,17). The Hall–Kier alpha value is -1.67. The number of nitrogens with zero attached hydrogens (tertiary/aromatic N) is 1. The van der Waals surface area contributed by atoms with E-state index in [1.54, 1.807) is 12.1 Å². The largest absolute Gasteiger partial charge is 0.495 e. The normalized spacial score (nSPS) is 11.9. The van der Waals surface area contributed by atoms with Crippen molar-refractivity contribution in [3.05, 3.63) is 29.3 Å². The highest BCUT2D eigenvalue weighted by atomic mass is 32.2. The summed E-state index contributed by atoms with van der Waals surface area (Å²) in [6.07, 6.45) is 0. The minimum Gasteiger partial charge on any atom is -0.495 e. The highest BCUT2D eigenvalue weighted by molar-refractivity contribution is 7.99. The van der Waals surface area contributed by atoms with E-state index < -0.39 is 11.2 Å². The molecule has 0 fully saturated rings. The van der Waals surface area contributed by atoms with Crippen molar-refractivity contribution in [1.82, 2.24) is 0 Å². The van der Waals surface area contributed by atoms with Crippen molar-refractivity contribution in [1.29, 1.82) is 5.26 Å². The van der Waals surface area contributed by atoms with Gasteiger partial charge in [0, 0.05) is 5.75 Å². The fourth-order valence-electron chi connectivity index (χ4n) is 1.67. The Morgan fingerprint density at radius 2 is 2.21 bits per heavy atom. The van der Waals surface area contributed by atoms with Gasteiger partial charge in [0.05, 0.1) is 12.7 Å². The van der Waals surface area contributed by atoms with Crippen molar-refractivity contribution in [2.24, 2.45) is 5.92 Å².